The lowest BCUT2D eigenvalue weighted by atomic mass is 10.4. The Hall–Kier alpha value is -1.05. The highest BCUT2D eigenvalue weighted by atomic mass is 79.9. The van der Waals surface area contributed by atoms with Crippen LogP contribution in [0.4, 0.5) is 13.2 Å². The Labute approximate surface area is 91.1 Å². The summed E-state index contributed by atoms with van der Waals surface area (Å²) in [6, 6.07) is 1.16. The molecule has 0 saturated carbocycles. The van der Waals surface area contributed by atoms with Gasteiger partial charge in [0.15, 0.2) is 0 Å². The van der Waals surface area contributed by atoms with Gasteiger partial charge in [0.1, 0.15) is 16.8 Å². The molecule has 0 aliphatic heterocycles. The van der Waals surface area contributed by atoms with Crippen molar-refractivity contribution in [2.75, 3.05) is 7.11 Å². The van der Waals surface area contributed by atoms with E-state index in [9.17, 15) is 18.0 Å². The Morgan fingerprint density at radius 1 is 1.67 bits per heavy atom. The van der Waals surface area contributed by atoms with Gasteiger partial charge in [0.05, 0.1) is 7.11 Å². The number of methoxy groups -OCH3 is 1. The van der Waals surface area contributed by atoms with Gasteiger partial charge in [0.25, 0.3) is 0 Å². The third kappa shape index (κ3) is 3.22. The van der Waals surface area contributed by atoms with Crippen molar-refractivity contribution in [1.82, 2.24) is 9.78 Å². The van der Waals surface area contributed by atoms with E-state index in [1.165, 1.54) is 0 Å². The number of esters is 1. The van der Waals surface area contributed by atoms with Crippen LogP contribution in [0.15, 0.2) is 10.7 Å². The fourth-order valence-corrected chi connectivity index (χ4v) is 1.35. The molecule has 0 radical (unpaired) electrons. The molecule has 0 N–H and O–H groups in total. The molecule has 0 unspecified atom stereocenters. The van der Waals surface area contributed by atoms with E-state index in [-0.39, 0.29) is 10.3 Å². The summed E-state index contributed by atoms with van der Waals surface area (Å²) in [5, 5.41) is 3.48. The van der Waals surface area contributed by atoms with Crippen LogP contribution in [0.25, 0.3) is 0 Å². The van der Waals surface area contributed by atoms with E-state index in [0.717, 1.165) is 13.2 Å². The maximum absolute atomic E-state index is 12.1. The summed E-state index contributed by atoms with van der Waals surface area (Å²) in [5.74, 6) is -0.863. The molecular weight excluding hydrogens is 281 g/mol. The predicted octanol–water partition coefficient (Wildman–Crippen LogP) is 1.99. The van der Waals surface area contributed by atoms with Crippen LogP contribution >= 0.6 is 15.9 Å². The van der Waals surface area contributed by atoms with E-state index < -0.39 is 18.7 Å². The molecule has 0 spiro atoms. The van der Waals surface area contributed by atoms with Crippen LogP contribution < -0.4 is 0 Å². The minimum absolute atomic E-state index is 0.146. The molecule has 15 heavy (non-hydrogen) atoms. The highest BCUT2D eigenvalue weighted by Crippen LogP contribution is 2.20. The number of rotatable bonds is 2. The van der Waals surface area contributed by atoms with Gasteiger partial charge in [-0.1, -0.05) is 0 Å². The molecule has 4 nitrogen and oxygen atoms in total. The topological polar surface area (TPSA) is 44.1 Å². The molecule has 1 aromatic rings. The second-order valence-electron chi connectivity index (χ2n) is 2.62. The molecule has 1 heterocycles. The first-order valence-corrected chi connectivity index (χ1v) is 4.51. The molecule has 0 bridgehead atoms. The Kier molecular flexibility index (Phi) is 3.38. The minimum Gasteiger partial charge on any atom is -0.464 e. The Morgan fingerprint density at radius 2 is 2.27 bits per heavy atom. The zero-order valence-electron chi connectivity index (χ0n) is 7.51. The number of halogens is 4. The number of nitrogens with zero attached hydrogens (tertiary/aromatic N) is 2. The summed E-state index contributed by atoms with van der Waals surface area (Å²) in [4.78, 5) is 11.1. The summed E-state index contributed by atoms with van der Waals surface area (Å²) in [5.41, 5.74) is -0.248. The van der Waals surface area contributed by atoms with Gasteiger partial charge in [0, 0.05) is 6.07 Å². The summed E-state index contributed by atoms with van der Waals surface area (Å²) >= 11 is 2.88. The van der Waals surface area contributed by atoms with Gasteiger partial charge in [0.2, 0.25) is 0 Å². The van der Waals surface area contributed by atoms with E-state index in [2.05, 4.69) is 25.8 Å². The summed E-state index contributed by atoms with van der Waals surface area (Å²) in [7, 11) is 1.08. The predicted molar refractivity (Wildman–Crippen MR) is 47.3 cm³/mol. The Balaban J connectivity index is 3.01. The maximum atomic E-state index is 12.1. The molecule has 84 valence electrons. The lowest BCUT2D eigenvalue weighted by molar-refractivity contribution is -0.142. The molecule has 1 aromatic heterocycles. The molecule has 8 heteroatoms. The SMILES string of the molecule is COC(=O)c1cc(Br)nn1CC(F)(F)F. The van der Waals surface area contributed by atoms with Crippen LogP contribution in [0.5, 0.6) is 0 Å². The van der Waals surface area contributed by atoms with Crippen molar-refractivity contribution in [3.63, 3.8) is 0 Å². The van der Waals surface area contributed by atoms with Gasteiger partial charge in [-0.15, -0.1) is 0 Å². The van der Waals surface area contributed by atoms with E-state index >= 15 is 0 Å². The molecule has 1 rings (SSSR count). The Morgan fingerprint density at radius 3 is 2.73 bits per heavy atom. The molecular formula is C7H6BrF3N2O2. The van der Waals surface area contributed by atoms with Crippen molar-refractivity contribution in [2.45, 2.75) is 12.7 Å². The van der Waals surface area contributed by atoms with Crippen LogP contribution in [0.1, 0.15) is 10.5 Å². The van der Waals surface area contributed by atoms with Crippen molar-refractivity contribution in [2.24, 2.45) is 0 Å². The smallest absolute Gasteiger partial charge is 0.408 e. The number of hydrogen-bond donors (Lipinski definition) is 0. The van der Waals surface area contributed by atoms with Gasteiger partial charge in [-0.25, -0.2) is 9.48 Å². The molecule has 0 atom stereocenters. The number of carbonyl (C=O) groups is 1. The third-order valence-corrected chi connectivity index (χ3v) is 1.86. The largest absolute Gasteiger partial charge is 0.464 e. The molecule has 0 saturated heterocycles. The van der Waals surface area contributed by atoms with Crippen molar-refractivity contribution in [3.05, 3.63) is 16.4 Å². The number of aromatic nitrogens is 2. The molecule has 0 fully saturated rings. The minimum atomic E-state index is -4.44. The van der Waals surface area contributed by atoms with Gasteiger partial charge in [-0.2, -0.15) is 18.3 Å². The number of ether oxygens (including phenoxy) is 1. The van der Waals surface area contributed by atoms with E-state index in [1.807, 2.05) is 0 Å². The standard InChI is InChI=1S/C7H6BrF3N2O2/c1-15-6(14)4-2-5(8)12-13(4)3-7(9,10)11/h2H,3H2,1H3. The molecule has 0 aliphatic carbocycles. The van der Waals surface area contributed by atoms with Crippen LogP contribution in [0.3, 0.4) is 0 Å². The number of alkyl halides is 3. The van der Waals surface area contributed by atoms with Gasteiger partial charge in [-0.05, 0) is 15.9 Å². The first-order valence-electron chi connectivity index (χ1n) is 3.72. The molecule has 0 aromatic carbocycles. The second kappa shape index (κ2) is 4.21. The lowest BCUT2D eigenvalue weighted by Gasteiger charge is -2.08. The summed E-state index contributed by atoms with van der Waals surface area (Å²) in [6.45, 7) is -1.33. The van der Waals surface area contributed by atoms with Crippen LogP contribution in [-0.4, -0.2) is 29.0 Å². The summed E-state index contributed by atoms with van der Waals surface area (Å²) < 4.78 is 41.2. The van der Waals surface area contributed by atoms with Gasteiger partial charge >= 0.3 is 12.1 Å². The van der Waals surface area contributed by atoms with Gasteiger partial charge < -0.3 is 4.74 Å². The van der Waals surface area contributed by atoms with E-state index in [4.69, 9.17) is 0 Å². The molecule has 0 aliphatic rings. The third-order valence-electron chi connectivity index (χ3n) is 1.47. The molecule has 0 amide bonds. The number of carbonyl (C=O) groups excluding carboxylic acids is 1. The zero-order valence-corrected chi connectivity index (χ0v) is 9.09. The first kappa shape index (κ1) is 12.0. The van der Waals surface area contributed by atoms with Crippen LogP contribution in [-0.2, 0) is 11.3 Å². The van der Waals surface area contributed by atoms with E-state index in [0.29, 0.717) is 4.68 Å². The number of hydrogen-bond acceptors (Lipinski definition) is 3. The van der Waals surface area contributed by atoms with Crippen molar-refractivity contribution < 1.29 is 22.7 Å². The highest BCUT2D eigenvalue weighted by molar-refractivity contribution is 9.10. The first-order chi connectivity index (χ1) is 6.83. The average molecular weight is 287 g/mol. The maximum Gasteiger partial charge on any atom is 0.408 e. The summed E-state index contributed by atoms with van der Waals surface area (Å²) in [6.07, 6.45) is -4.44. The fourth-order valence-electron chi connectivity index (χ4n) is 0.945. The average Bonchev–Trinajstić information content (AvgIpc) is 2.42. The quantitative estimate of drug-likeness (QED) is 0.781. The van der Waals surface area contributed by atoms with Crippen molar-refractivity contribution >= 4 is 21.9 Å². The second-order valence-corrected chi connectivity index (χ2v) is 3.43. The van der Waals surface area contributed by atoms with Crippen molar-refractivity contribution in [1.29, 1.82) is 0 Å². The Bertz CT molecular complexity index is 375. The van der Waals surface area contributed by atoms with Crippen molar-refractivity contribution in [3.8, 4) is 0 Å². The highest BCUT2D eigenvalue weighted by Gasteiger charge is 2.31. The fraction of sp³-hybridized carbons (Fsp3) is 0.429. The van der Waals surface area contributed by atoms with Crippen LogP contribution in [0, 0.1) is 0 Å². The van der Waals surface area contributed by atoms with Gasteiger partial charge in [-0.3, -0.25) is 0 Å². The van der Waals surface area contributed by atoms with E-state index in [1.54, 1.807) is 0 Å². The normalized spacial score (nSPS) is 11.5. The zero-order chi connectivity index (χ0) is 11.6. The monoisotopic (exact) mass is 286 g/mol. The van der Waals surface area contributed by atoms with Crippen LogP contribution in [0.2, 0.25) is 0 Å². The lowest BCUT2D eigenvalue weighted by Crippen LogP contribution is -2.22.